The van der Waals surface area contributed by atoms with E-state index in [4.69, 9.17) is 0 Å². The van der Waals surface area contributed by atoms with Crippen molar-refractivity contribution < 1.29 is 0 Å². The molecular weight excluding hydrogens is 454 g/mol. The van der Waals surface area contributed by atoms with Crippen LogP contribution in [0.5, 0.6) is 0 Å². The number of anilines is 3. The van der Waals surface area contributed by atoms with Crippen LogP contribution in [0, 0.1) is 6.92 Å². The molecule has 0 saturated heterocycles. The molecule has 1 aliphatic rings. The first-order chi connectivity index (χ1) is 17.7. The third-order valence-corrected chi connectivity index (χ3v) is 6.31. The van der Waals surface area contributed by atoms with Gasteiger partial charge in [-0.3, -0.25) is 4.40 Å². The summed E-state index contributed by atoms with van der Waals surface area (Å²) < 4.78 is 3.66. The van der Waals surface area contributed by atoms with Gasteiger partial charge in [-0.2, -0.15) is 5.10 Å². The standard InChI is InChI=1S/C25H25N11/c1-3-18-13-27-25(28-14-18)34-11-8-19(9-12-34)23-32-33-24-21(5-4-10-35(23)24)31-20-6-7-22(30-17(20)2)36-16-26-15-29-36/h4-8,10,13-16,31H,3,9,11-12H2,1-2H3. The smallest absolute Gasteiger partial charge is 0.225 e. The number of nitrogens with one attached hydrogen (secondary N) is 1. The zero-order valence-electron chi connectivity index (χ0n) is 20.1. The van der Waals surface area contributed by atoms with E-state index in [0.29, 0.717) is 5.82 Å². The lowest BCUT2D eigenvalue weighted by Gasteiger charge is -2.26. The molecule has 36 heavy (non-hydrogen) atoms. The van der Waals surface area contributed by atoms with Gasteiger partial charge in [0.05, 0.1) is 17.1 Å². The van der Waals surface area contributed by atoms with Crippen molar-refractivity contribution >= 4 is 28.5 Å². The van der Waals surface area contributed by atoms with Crippen LogP contribution in [0.4, 0.5) is 17.3 Å². The molecule has 0 radical (unpaired) electrons. The quantitative estimate of drug-likeness (QED) is 0.391. The Morgan fingerprint density at radius 1 is 1.06 bits per heavy atom. The Hall–Kier alpha value is -4.67. The summed E-state index contributed by atoms with van der Waals surface area (Å²) in [6, 6.07) is 7.87. The van der Waals surface area contributed by atoms with Gasteiger partial charge in [0.2, 0.25) is 5.95 Å². The molecule has 0 spiro atoms. The summed E-state index contributed by atoms with van der Waals surface area (Å²) in [4.78, 5) is 19.8. The second kappa shape index (κ2) is 9.17. The van der Waals surface area contributed by atoms with E-state index in [1.54, 1.807) is 11.0 Å². The molecule has 180 valence electrons. The Kier molecular flexibility index (Phi) is 5.56. The van der Waals surface area contributed by atoms with Crippen LogP contribution in [0.15, 0.2) is 61.6 Å². The summed E-state index contributed by atoms with van der Waals surface area (Å²) in [6.45, 7) is 5.62. The van der Waals surface area contributed by atoms with E-state index < -0.39 is 0 Å². The zero-order chi connectivity index (χ0) is 24.5. The van der Waals surface area contributed by atoms with E-state index in [1.807, 2.05) is 54.2 Å². The fraction of sp³-hybridized carbons (Fsp3) is 0.240. The number of fused-ring (bicyclic) bond motifs is 1. The number of hydrogen-bond donors (Lipinski definition) is 1. The van der Waals surface area contributed by atoms with Crippen LogP contribution >= 0.6 is 0 Å². The fourth-order valence-corrected chi connectivity index (χ4v) is 4.26. The molecule has 0 aromatic carbocycles. The fourth-order valence-electron chi connectivity index (χ4n) is 4.26. The van der Waals surface area contributed by atoms with E-state index in [-0.39, 0.29) is 0 Å². The summed E-state index contributed by atoms with van der Waals surface area (Å²) in [5, 5.41) is 16.6. The van der Waals surface area contributed by atoms with Crippen molar-refractivity contribution in [3.63, 3.8) is 0 Å². The van der Waals surface area contributed by atoms with Crippen LogP contribution in [-0.4, -0.2) is 57.4 Å². The minimum atomic E-state index is 0.712. The number of aromatic nitrogens is 9. The molecule has 5 aromatic rings. The number of rotatable bonds is 6. The van der Waals surface area contributed by atoms with E-state index in [0.717, 1.165) is 71.6 Å². The molecule has 1 aliphatic heterocycles. The second-order valence-corrected chi connectivity index (χ2v) is 8.58. The summed E-state index contributed by atoms with van der Waals surface area (Å²) in [5.41, 5.74) is 5.65. The second-order valence-electron chi connectivity index (χ2n) is 8.58. The van der Waals surface area contributed by atoms with Crippen LogP contribution in [0.25, 0.3) is 17.0 Å². The molecule has 0 saturated carbocycles. The molecule has 0 bridgehead atoms. The van der Waals surface area contributed by atoms with Gasteiger partial charge in [0.25, 0.3) is 0 Å². The molecule has 11 heteroatoms. The van der Waals surface area contributed by atoms with Gasteiger partial charge >= 0.3 is 0 Å². The van der Waals surface area contributed by atoms with E-state index in [2.05, 4.69) is 58.4 Å². The van der Waals surface area contributed by atoms with Gasteiger partial charge < -0.3 is 10.2 Å². The minimum absolute atomic E-state index is 0.712. The van der Waals surface area contributed by atoms with Crippen LogP contribution in [0.1, 0.15) is 30.4 Å². The Balaban J connectivity index is 1.23. The lowest BCUT2D eigenvalue weighted by molar-refractivity contribution is 0.786. The summed E-state index contributed by atoms with van der Waals surface area (Å²) in [6.07, 6.45) is 12.9. The molecule has 11 nitrogen and oxygen atoms in total. The van der Waals surface area contributed by atoms with Gasteiger partial charge in [0, 0.05) is 31.7 Å². The zero-order valence-corrected chi connectivity index (χ0v) is 20.1. The highest BCUT2D eigenvalue weighted by Gasteiger charge is 2.20. The van der Waals surface area contributed by atoms with Crippen molar-refractivity contribution in [1.29, 1.82) is 0 Å². The third kappa shape index (κ3) is 4.04. The molecule has 0 aliphatic carbocycles. The predicted octanol–water partition coefficient (Wildman–Crippen LogP) is 3.40. The molecule has 0 amide bonds. The van der Waals surface area contributed by atoms with Crippen molar-refractivity contribution in [2.45, 2.75) is 26.7 Å². The number of pyridine rings is 2. The lowest BCUT2D eigenvalue weighted by atomic mass is 10.1. The molecule has 6 rings (SSSR count). The first-order valence-electron chi connectivity index (χ1n) is 11.9. The number of aryl methyl sites for hydroxylation is 2. The molecule has 0 atom stereocenters. The lowest BCUT2D eigenvalue weighted by Crippen LogP contribution is -2.30. The molecule has 0 unspecified atom stereocenters. The molecule has 1 N–H and O–H groups in total. The molecule has 0 fully saturated rings. The van der Waals surface area contributed by atoms with Crippen LogP contribution in [0.3, 0.4) is 0 Å². The number of nitrogens with zero attached hydrogens (tertiary/aromatic N) is 10. The van der Waals surface area contributed by atoms with Crippen molar-refractivity contribution in [2.75, 3.05) is 23.3 Å². The van der Waals surface area contributed by atoms with Gasteiger partial charge in [-0.05, 0) is 55.2 Å². The first-order valence-corrected chi connectivity index (χ1v) is 11.9. The molecule has 5 aromatic heterocycles. The maximum absolute atomic E-state index is 4.64. The van der Waals surface area contributed by atoms with Gasteiger partial charge in [-0.1, -0.05) is 13.0 Å². The minimum Gasteiger partial charge on any atom is -0.351 e. The highest BCUT2D eigenvalue weighted by molar-refractivity contribution is 5.76. The molecular formula is C25H25N11. The Morgan fingerprint density at radius 3 is 2.67 bits per heavy atom. The summed E-state index contributed by atoms with van der Waals surface area (Å²) in [7, 11) is 0. The highest BCUT2D eigenvalue weighted by atomic mass is 15.3. The third-order valence-electron chi connectivity index (χ3n) is 6.31. The van der Waals surface area contributed by atoms with Gasteiger partial charge in [-0.15, -0.1) is 10.2 Å². The van der Waals surface area contributed by atoms with Gasteiger partial charge in [0.1, 0.15) is 12.7 Å². The Morgan fingerprint density at radius 2 is 1.94 bits per heavy atom. The normalized spacial score (nSPS) is 13.7. The summed E-state index contributed by atoms with van der Waals surface area (Å²) >= 11 is 0. The predicted molar refractivity (Wildman–Crippen MR) is 136 cm³/mol. The largest absolute Gasteiger partial charge is 0.351 e. The van der Waals surface area contributed by atoms with Gasteiger partial charge in [0.15, 0.2) is 17.3 Å². The Bertz CT molecular complexity index is 1530. The number of hydrogen-bond acceptors (Lipinski definition) is 9. The Labute approximate surface area is 207 Å². The summed E-state index contributed by atoms with van der Waals surface area (Å²) in [5.74, 6) is 2.33. The average Bonchev–Trinajstić information content (AvgIpc) is 3.61. The van der Waals surface area contributed by atoms with Crippen molar-refractivity contribution in [1.82, 2.24) is 44.3 Å². The van der Waals surface area contributed by atoms with Crippen LogP contribution < -0.4 is 10.2 Å². The van der Waals surface area contributed by atoms with E-state index >= 15 is 0 Å². The SMILES string of the molecule is CCc1cnc(N2CC=C(c3nnc4c(Nc5ccc(-n6cncn6)nc5C)cccn34)CC2)nc1. The van der Waals surface area contributed by atoms with Crippen molar-refractivity contribution in [3.05, 3.63) is 78.7 Å². The average molecular weight is 480 g/mol. The van der Waals surface area contributed by atoms with E-state index in [9.17, 15) is 0 Å². The van der Waals surface area contributed by atoms with E-state index in [1.165, 1.54) is 6.33 Å². The highest BCUT2D eigenvalue weighted by Crippen LogP contribution is 2.27. The topological polar surface area (TPSA) is 115 Å². The monoisotopic (exact) mass is 479 g/mol. The van der Waals surface area contributed by atoms with Gasteiger partial charge in [-0.25, -0.2) is 24.6 Å². The van der Waals surface area contributed by atoms with Crippen molar-refractivity contribution in [3.8, 4) is 5.82 Å². The van der Waals surface area contributed by atoms with Crippen molar-refractivity contribution in [2.24, 2.45) is 0 Å². The van der Waals surface area contributed by atoms with Crippen LogP contribution in [0.2, 0.25) is 0 Å². The maximum atomic E-state index is 4.64. The maximum Gasteiger partial charge on any atom is 0.225 e. The van der Waals surface area contributed by atoms with Crippen LogP contribution in [-0.2, 0) is 6.42 Å². The molecule has 6 heterocycles. The first kappa shape index (κ1) is 21.8.